The third kappa shape index (κ3) is 2.61. The molecule has 0 saturated carbocycles. The Kier molecular flexibility index (Phi) is 3.53. The highest BCUT2D eigenvalue weighted by molar-refractivity contribution is 5.62. The van der Waals surface area contributed by atoms with Gasteiger partial charge in [-0.15, -0.1) is 0 Å². The van der Waals surface area contributed by atoms with Gasteiger partial charge in [0.25, 0.3) is 0 Å². The van der Waals surface area contributed by atoms with E-state index in [1.54, 1.807) is 0 Å². The van der Waals surface area contributed by atoms with Crippen LogP contribution < -0.4 is 15.4 Å². The number of benzene rings is 1. The molecule has 3 heteroatoms. The Bertz CT molecular complexity index is 423. The summed E-state index contributed by atoms with van der Waals surface area (Å²) < 4.78 is 5.89. The van der Waals surface area contributed by atoms with Crippen LogP contribution in [0.4, 0.5) is 5.69 Å². The van der Waals surface area contributed by atoms with Gasteiger partial charge in [-0.1, -0.05) is 26.8 Å². The van der Waals surface area contributed by atoms with Gasteiger partial charge in [-0.2, -0.15) is 0 Å². The third-order valence-corrected chi connectivity index (χ3v) is 3.37. The lowest BCUT2D eigenvalue weighted by atomic mass is 9.86. The molecule has 0 amide bonds. The Morgan fingerprint density at radius 2 is 2.11 bits per heavy atom. The zero-order valence-corrected chi connectivity index (χ0v) is 11.9. The highest BCUT2D eigenvalue weighted by Gasteiger charge is 2.24. The third-order valence-electron chi connectivity index (χ3n) is 3.37. The van der Waals surface area contributed by atoms with E-state index in [0.29, 0.717) is 6.54 Å². The van der Waals surface area contributed by atoms with E-state index < -0.39 is 0 Å². The predicted octanol–water partition coefficient (Wildman–Crippen LogP) is 2.53. The van der Waals surface area contributed by atoms with Crippen LogP contribution in [0.5, 0.6) is 5.75 Å². The maximum absolute atomic E-state index is 5.89. The van der Waals surface area contributed by atoms with Crippen LogP contribution >= 0.6 is 0 Å². The number of hydrogen-bond donors (Lipinski definition) is 1. The summed E-state index contributed by atoms with van der Waals surface area (Å²) in [7, 11) is 0. The highest BCUT2D eigenvalue weighted by atomic mass is 16.5. The molecule has 0 aliphatic carbocycles. The Morgan fingerprint density at radius 3 is 2.72 bits per heavy atom. The van der Waals surface area contributed by atoms with E-state index in [0.717, 1.165) is 18.8 Å². The first kappa shape index (κ1) is 13.2. The molecule has 1 atom stereocenters. The van der Waals surface area contributed by atoms with E-state index in [4.69, 9.17) is 10.5 Å². The average Bonchev–Trinajstić information content (AvgIpc) is 2.27. The molecular formula is C15H24N2O. The van der Waals surface area contributed by atoms with Crippen molar-refractivity contribution in [1.29, 1.82) is 0 Å². The van der Waals surface area contributed by atoms with Crippen molar-refractivity contribution in [3.63, 3.8) is 0 Å². The van der Waals surface area contributed by atoms with Gasteiger partial charge in [0.1, 0.15) is 11.9 Å². The Balaban J connectivity index is 2.39. The molecular weight excluding hydrogens is 224 g/mol. The van der Waals surface area contributed by atoms with Crippen molar-refractivity contribution in [1.82, 2.24) is 0 Å². The van der Waals surface area contributed by atoms with Gasteiger partial charge < -0.3 is 15.4 Å². The summed E-state index contributed by atoms with van der Waals surface area (Å²) in [4.78, 5) is 2.33. The number of rotatable bonds is 2. The molecule has 2 N–H and O–H groups in total. The minimum absolute atomic E-state index is 0.159. The second kappa shape index (κ2) is 4.81. The van der Waals surface area contributed by atoms with Crippen molar-refractivity contribution in [3.05, 3.63) is 23.8 Å². The molecule has 1 aliphatic heterocycles. The lowest BCUT2D eigenvalue weighted by Crippen LogP contribution is -2.41. The number of ether oxygens (including phenoxy) is 1. The minimum atomic E-state index is 0.159. The summed E-state index contributed by atoms with van der Waals surface area (Å²) in [6.45, 7) is 11.3. The van der Waals surface area contributed by atoms with Crippen LogP contribution in [0.1, 0.15) is 33.3 Å². The Hall–Kier alpha value is -1.22. The molecule has 1 heterocycles. The van der Waals surface area contributed by atoms with Gasteiger partial charge in [0.05, 0.1) is 12.2 Å². The van der Waals surface area contributed by atoms with Crippen LogP contribution in [0, 0.1) is 0 Å². The van der Waals surface area contributed by atoms with Gasteiger partial charge in [0.2, 0.25) is 0 Å². The van der Waals surface area contributed by atoms with Crippen LogP contribution in [-0.4, -0.2) is 25.7 Å². The molecule has 1 unspecified atom stereocenters. The summed E-state index contributed by atoms with van der Waals surface area (Å²) >= 11 is 0. The summed E-state index contributed by atoms with van der Waals surface area (Å²) in [5.74, 6) is 0.982. The summed E-state index contributed by atoms with van der Waals surface area (Å²) in [6.07, 6.45) is 0.226. The first-order valence-electron chi connectivity index (χ1n) is 6.68. The molecule has 100 valence electrons. The monoisotopic (exact) mass is 248 g/mol. The van der Waals surface area contributed by atoms with Crippen molar-refractivity contribution in [2.45, 2.75) is 39.2 Å². The minimum Gasteiger partial charge on any atom is -0.487 e. The van der Waals surface area contributed by atoms with Crippen LogP contribution in [0.15, 0.2) is 18.2 Å². The van der Waals surface area contributed by atoms with E-state index in [-0.39, 0.29) is 11.5 Å². The molecule has 1 aliphatic rings. The number of nitrogens with two attached hydrogens (primary N) is 1. The lowest BCUT2D eigenvalue weighted by Gasteiger charge is -2.36. The fraction of sp³-hybridized carbons (Fsp3) is 0.600. The normalized spacial score (nSPS) is 19.4. The number of hydrogen-bond acceptors (Lipinski definition) is 3. The fourth-order valence-electron chi connectivity index (χ4n) is 2.36. The van der Waals surface area contributed by atoms with E-state index in [2.05, 4.69) is 50.8 Å². The van der Waals surface area contributed by atoms with Gasteiger partial charge in [0, 0.05) is 13.1 Å². The van der Waals surface area contributed by atoms with Crippen LogP contribution in [0.3, 0.4) is 0 Å². The largest absolute Gasteiger partial charge is 0.487 e. The topological polar surface area (TPSA) is 38.5 Å². The van der Waals surface area contributed by atoms with Crippen LogP contribution in [-0.2, 0) is 5.41 Å². The molecule has 0 saturated heterocycles. The molecule has 3 nitrogen and oxygen atoms in total. The molecule has 0 bridgehead atoms. The number of fused-ring (bicyclic) bond motifs is 1. The Labute approximate surface area is 110 Å². The Morgan fingerprint density at radius 1 is 1.39 bits per heavy atom. The zero-order chi connectivity index (χ0) is 13.3. The second-order valence-corrected chi connectivity index (χ2v) is 6.10. The van der Waals surface area contributed by atoms with E-state index in [1.165, 1.54) is 11.3 Å². The van der Waals surface area contributed by atoms with Crippen LogP contribution in [0.25, 0.3) is 0 Å². The number of anilines is 1. The quantitative estimate of drug-likeness (QED) is 0.874. The van der Waals surface area contributed by atoms with Gasteiger partial charge in [0.15, 0.2) is 0 Å². The smallest absolute Gasteiger partial charge is 0.143 e. The second-order valence-electron chi connectivity index (χ2n) is 6.10. The summed E-state index contributed by atoms with van der Waals surface area (Å²) in [5.41, 5.74) is 8.38. The molecule has 1 aromatic carbocycles. The highest BCUT2D eigenvalue weighted by Crippen LogP contribution is 2.37. The van der Waals surface area contributed by atoms with Gasteiger partial charge >= 0.3 is 0 Å². The first-order chi connectivity index (χ1) is 8.41. The van der Waals surface area contributed by atoms with Gasteiger partial charge in [-0.05, 0) is 30.0 Å². The summed E-state index contributed by atoms with van der Waals surface area (Å²) in [6, 6.07) is 6.50. The van der Waals surface area contributed by atoms with E-state index >= 15 is 0 Å². The molecule has 0 radical (unpaired) electrons. The molecule has 0 aromatic heterocycles. The fourth-order valence-corrected chi connectivity index (χ4v) is 2.36. The molecule has 1 aromatic rings. The van der Waals surface area contributed by atoms with Gasteiger partial charge in [-0.25, -0.2) is 0 Å². The number of nitrogens with zero attached hydrogens (tertiary/aromatic N) is 1. The molecule has 0 spiro atoms. The predicted molar refractivity (Wildman–Crippen MR) is 76.5 cm³/mol. The standard InChI is InChI=1S/C15H24N2O/c1-11-10-17(8-7-16)13-9-12(15(2,3)4)5-6-14(13)18-11/h5-6,9,11H,7-8,10,16H2,1-4H3. The molecule has 2 rings (SSSR count). The molecule has 18 heavy (non-hydrogen) atoms. The maximum atomic E-state index is 5.89. The van der Waals surface area contributed by atoms with Crippen LogP contribution in [0.2, 0.25) is 0 Å². The van der Waals surface area contributed by atoms with Gasteiger partial charge in [-0.3, -0.25) is 0 Å². The van der Waals surface area contributed by atoms with E-state index in [9.17, 15) is 0 Å². The van der Waals surface area contributed by atoms with E-state index in [1.807, 2.05) is 0 Å². The first-order valence-corrected chi connectivity index (χ1v) is 6.68. The zero-order valence-electron chi connectivity index (χ0n) is 11.9. The lowest BCUT2D eigenvalue weighted by molar-refractivity contribution is 0.213. The van der Waals surface area contributed by atoms with Crippen molar-refractivity contribution in [2.24, 2.45) is 5.73 Å². The van der Waals surface area contributed by atoms with Crippen molar-refractivity contribution in [3.8, 4) is 5.75 Å². The SMILES string of the molecule is CC1CN(CCN)c2cc(C(C)(C)C)ccc2O1. The summed E-state index contributed by atoms with van der Waals surface area (Å²) in [5, 5.41) is 0. The maximum Gasteiger partial charge on any atom is 0.143 e. The van der Waals surface area contributed by atoms with Crippen molar-refractivity contribution in [2.75, 3.05) is 24.5 Å². The van der Waals surface area contributed by atoms with Crippen molar-refractivity contribution < 1.29 is 4.74 Å². The average molecular weight is 248 g/mol. The van der Waals surface area contributed by atoms with Crippen molar-refractivity contribution >= 4 is 5.69 Å². The molecule has 0 fully saturated rings.